The van der Waals surface area contributed by atoms with Gasteiger partial charge in [0, 0.05) is 23.7 Å². The average Bonchev–Trinajstić information content (AvgIpc) is 2.73. The summed E-state index contributed by atoms with van der Waals surface area (Å²) in [5, 5.41) is 5.42. The van der Waals surface area contributed by atoms with Gasteiger partial charge in [0.25, 0.3) is 0 Å². The third kappa shape index (κ3) is 14.6. The van der Waals surface area contributed by atoms with E-state index in [2.05, 4.69) is 23.8 Å². The standard InChI is InChI=1S/C23H38N2O8/c1-16(2)19(26)30-12-14-32-21(28)24-11-9-8-10-23(6,7)18(5)25-22(29)33-15-13-31-20(27)17(3)4/h18H,1,3,8-15H2,2,4-7H3,(H,24,28)(H,25,29). The summed E-state index contributed by atoms with van der Waals surface area (Å²) in [7, 11) is 0. The first kappa shape index (κ1) is 30.0. The normalized spacial score (nSPS) is 11.5. The van der Waals surface area contributed by atoms with Crippen LogP contribution < -0.4 is 10.6 Å². The summed E-state index contributed by atoms with van der Waals surface area (Å²) in [4.78, 5) is 46.0. The zero-order valence-electron chi connectivity index (χ0n) is 20.4. The lowest BCUT2D eigenvalue weighted by Gasteiger charge is -2.32. The van der Waals surface area contributed by atoms with Crippen molar-refractivity contribution in [3.05, 3.63) is 24.3 Å². The first-order valence-electron chi connectivity index (χ1n) is 10.9. The Kier molecular flexibility index (Phi) is 14.3. The van der Waals surface area contributed by atoms with E-state index >= 15 is 0 Å². The van der Waals surface area contributed by atoms with E-state index in [-0.39, 0.29) is 49.0 Å². The van der Waals surface area contributed by atoms with Crippen molar-refractivity contribution in [2.24, 2.45) is 5.41 Å². The number of hydrogen-bond acceptors (Lipinski definition) is 8. The lowest BCUT2D eigenvalue weighted by Crippen LogP contribution is -2.43. The van der Waals surface area contributed by atoms with Crippen LogP contribution in [0.2, 0.25) is 0 Å². The molecule has 0 aliphatic rings. The van der Waals surface area contributed by atoms with E-state index in [1.807, 2.05) is 20.8 Å². The molecule has 0 heterocycles. The molecule has 10 nitrogen and oxygen atoms in total. The smallest absolute Gasteiger partial charge is 0.407 e. The SMILES string of the molecule is C=C(C)C(=O)OCCOC(=O)NCCCCC(C)(C)C(C)NC(=O)OCCOC(=O)C(=C)C. The van der Waals surface area contributed by atoms with Crippen LogP contribution in [-0.2, 0) is 28.5 Å². The van der Waals surface area contributed by atoms with Crippen molar-refractivity contribution in [2.75, 3.05) is 33.0 Å². The zero-order valence-corrected chi connectivity index (χ0v) is 20.4. The molecule has 0 rings (SSSR count). The third-order valence-electron chi connectivity index (χ3n) is 4.82. The highest BCUT2D eigenvalue weighted by Crippen LogP contribution is 2.27. The van der Waals surface area contributed by atoms with Gasteiger partial charge in [-0.15, -0.1) is 0 Å². The monoisotopic (exact) mass is 470 g/mol. The van der Waals surface area contributed by atoms with E-state index in [1.165, 1.54) is 13.8 Å². The number of amides is 2. The van der Waals surface area contributed by atoms with Gasteiger partial charge in [-0.2, -0.15) is 0 Å². The lowest BCUT2D eigenvalue weighted by atomic mass is 9.80. The minimum atomic E-state index is -0.583. The topological polar surface area (TPSA) is 129 Å². The number of rotatable bonds is 15. The van der Waals surface area contributed by atoms with Crippen LogP contribution in [-0.4, -0.2) is 63.1 Å². The molecular weight excluding hydrogens is 432 g/mol. The molecule has 0 aromatic heterocycles. The molecule has 0 aromatic carbocycles. The Labute approximate surface area is 196 Å². The number of hydrogen-bond donors (Lipinski definition) is 2. The first-order chi connectivity index (χ1) is 15.4. The van der Waals surface area contributed by atoms with Crippen molar-refractivity contribution in [3.63, 3.8) is 0 Å². The number of esters is 2. The van der Waals surface area contributed by atoms with Gasteiger partial charge in [-0.25, -0.2) is 19.2 Å². The second-order valence-electron chi connectivity index (χ2n) is 8.34. The van der Waals surface area contributed by atoms with Crippen LogP contribution >= 0.6 is 0 Å². The molecule has 2 N–H and O–H groups in total. The largest absolute Gasteiger partial charge is 0.459 e. The summed E-state index contributed by atoms with van der Waals surface area (Å²) < 4.78 is 19.6. The van der Waals surface area contributed by atoms with E-state index < -0.39 is 24.1 Å². The third-order valence-corrected chi connectivity index (χ3v) is 4.82. The van der Waals surface area contributed by atoms with E-state index in [0.717, 1.165) is 19.3 Å². The second kappa shape index (κ2) is 15.7. The van der Waals surface area contributed by atoms with Crippen molar-refractivity contribution >= 4 is 24.1 Å². The van der Waals surface area contributed by atoms with E-state index in [1.54, 1.807) is 0 Å². The van der Waals surface area contributed by atoms with Crippen LogP contribution in [0.15, 0.2) is 24.3 Å². The zero-order chi connectivity index (χ0) is 25.4. The van der Waals surface area contributed by atoms with Crippen molar-refractivity contribution in [1.29, 1.82) is 0 Å². The molecule has 0 spiro atoms. The van der Waals surface area contributed by atoms with E-state index in [4.69, 9.17) is 18.9 Å². The van der Waals surface area contributed by atoms with Crippen LogP contribution in [0.25, 0.3) is 0 Å². The average molecular weight is 471 g/mol. The van der Waals surface area contributed by atoms with Crippen molar-refractivity contribution in [2.45, 2.75) is 59.9 Å². The van der Waals surface area contributed by atoms with Gasteiger partial charge in [0.05, 0.1) is 0 Å². The Morgan fingerprint density at radius 3 is 1.73 bits per heavy atom. The molecule has 0 aliphatic carbocycles. The quantitative estimate of drug-likeness (QED) is 0.161. The summed E-state index contributed by atoms with van der Waals surface area (Å²) in [6, 6.07) is -0.164. The Hall–Kier alpha value is -3.04. The van der Waals surface area contributed by atoms with Crippen LogP contribution in [0.5, 0.6) is 0 Å². The maximum Gasteiger partial charge on any atom is 0.407 e. The number of nitrogens with one attached hydrogen (secondary N) is 2. The fourth-order valence-electron chi connectivity index (χ4n) is 2.36. The van der Waals surface area contributed by atoms with Gasteiger partial charge >= 0.3 is 24.1 Å². The van der Waals surface area contributed by atoms with Gasteiger partial charge in [-0.05, 0) is 39.0 Å². The molecule has 0 saturated carbocycles. The number of carbonyl (C=O) groups excluding carboxylic acids is 4. The fourth-order valence-corrected chi connectivity index (χ4v) is 2.36. The van der Waals surface area contributed by atoms with Gasteiger partial charge < -0.3 is 29.6 Å². The lowest BCUT2D eigenvalue weighted by molar-refractivity contribution is -0.140. The molecular formula is C23H38N2O8. The predicted octanol–water partition coefficient (Wildman–Crippen LogP) is 3.26. The summed E-state index contributed by atoms with van der Waals surface area (Å²) in [6.07, 6.45) is 1.20. The maximum atomic E-state index is 11.9. The predicted molar refractivity (Wildman–Crippen MR) is 122 cm³/mol. The number of carbonyl (C=O) groups is 4. The van der Waals surface area contributed by atoms with E-state index in [9.17, 15) is 19.2 Å². The minimum absolute atomic E-state index is 0.0275. The summed E-state index contributed by atoms with van der Waals surface area (Å²) in [5.74, 6) is -1.05. The molecule has 2 amide bonds. The van der Waals surface area contributed by atoms with Gasteiger partial charge in [0.2, 0.25) is 0 Å². The summed E-state index contributed by atoms with van der Waals surface area (Å²) in [6.45, 7) is 16.2. The van der Waals surface area contributed by atoms with Crippen molar-refractivity contribution in [3.8, 4) is 0 Å². The molecule has 10 heteroatoms. The molecule has 1 atom stereocenters. The number of ether oxygens (including phenoxy) is 4. The van der Waals surface area contributed by atoms with Crippen LogP contribution in [0, 0.1) is 5.41 Å². The Morgan fingerprint density at radius 1 is 0.788 bits per heavy atom. The van der Waals surface area contributed by atoms with Crippen molar-refractivity contribution < 1.29 is 38.1 Å². The summed E-state index contributed by atoms with van der Waals surface area (Å²) >= 11 is 0. The van der Waals surface area contributed by atoms with E-state index in [0.29, 0.717) is 6.54 Å². The second-order valence-corrected chi connectivity index (χ2v) is 8.34. The molecule has 0 aliphatic heterocycles. The summed E-state index contributed by atoms with van der Waals surface area (Å²) in [5.41, 5.74) is 0.355. The number of alkyl carbamates (subject to hydrolysis) is 2. The van der Waals surface area contributed by atoms with Crippen molar-refractivity contribution in [1.82, 2.24) is 10.6 Å². The highest BCUT2D eigenvalue weighted by atomic mass is 16.6. The van der Waals surface area contributed by atoms with Crippen LogP contribution in [0.3, 0.4) is 0 Å². The molecule has 0 aromatic rings. The van der Waals surface area contributed by atoms with Gasteiger partial charge in [0.1, 0.15) is 26.4 Å². The fraction of sp³-hybridized carbons (Fsp3) is 0.652. The Bertz CT molecular complexity index is 703. The first-order valence-corrected chi connectivity index (χ1v) is 10.9. The molecule has 33 heavy (non-hydrogen) atoms. The van der Waals surface area contributed by atoms with Gasteiger partial charge in [0.15, 0.2) is 0 Å². The molecule has 188 valence electrons. The molecule has 0 saturated heterocycles. The number of unbranched alkanes of at least 4 members (excludes halogenated alkanes) is 1. The molecule has 1 unspecified atom stereocenters. The highest BCUT2D eigenvalue weighted by Gasteiger charge is 2.27. The highest BCUT2D eigenvalue weighted by molar-refractivity contribution is 5.87. The molecule has 0 radical (unpaired) electrons. The van der Waals surface area contributed by atoms with Gasteiger partial charge in [-0.3, -0.25) is 0 Å². The minimum Gasteiger partial charge on any atom is -0.459 e. The maximum absolute atomic E-state index is 11.9. The molecule has 0 bridgehead atoms. The van der Waals surface area contributed by atoms with Crippen LogP contribution in [0.1, 0.15) is 53.9 Å². The Morgan fingerprint density at radius 2 is 1.24 bits per heavy atom. The Balaban J connectivity index is 3.96. The van der Waals surface area contributed by atoms with Crippen LogP contribution in [0.4, 0.5) is 9.59 Å². The van der Waals surface area contributed by atoms with Gasteiger partial charge in [-0.1, -0.05) is 33.4 Å². The molecule has 0 fully saturated rings.